The molecule has 0 aromatic carbocycles. The van der Waals surface area contributed by atoms with Crippen LogP contribution in [0.3, 0.4) is 0 Å². The van der Waals surface area contributed by atoms with Crippen LogP contribution in [0.1, 0.15) is 29.5 Å². The third kappa shape index (κ3) is 3.29. The number of aliphatic hydroxyl groups excluding tert-OH is 2. The van der Waals surface area contributed by atoms with Gasteiger partial charge in [-0.25, -0.2) is 4.79 Å². The van der Waals surface area contributed by atoms with Crippen molar-refractivity contribution in [2.75, 3.05) is 13.2 Å². The smallest absolute Gasteiger partial charge is 0.338 e. The summed E-state index contributed by atoms with van der Waals surface area (Å²) in [4.78, 5) is 10.6. The van der Waals surface area contributed by atoms with Crippen molar-refractivity contribution >= 4 is 5.97 Å². The molecule has 0 atom stereocenters. The molecule has 17 heavy (non-hydrogen) atoms. The van der Waals surface area contributed by atoms with Crippen molar-refractivity contribution in [1.29, 1.82) is 0 Å². The van der Waals surface area contributed by atoms with E-state index >= 15 is 0 Å². The number of aliphatic hydroxyl groups is 2. The van der Waals surface area contributed by atoms with Crippen molar-refractivity contribution in [3.8, 4) is 0 Å². The molecule has 0 saturated heterocycles. The summed E-state index contributed by atoms with van der Waals surface area (Å²) in [5.74, 6) is -0.604. The number of hydrogen-bond acceptors (Lipinski definition) is 5. The van der Waals surface area contributed by atoms with Crippen LogP contribution < -0.4 is 5.32 Å². The first kappa shape index (κ1) is 13.7. The summed E-state index contributed by atoms with van der Waals surface area (Å²) < 4.78 is 5.05. The zero-order valence-corrected chi connectivity index (χ0v) is 9.64. The molecule has 0 aliphatic carbocycles. The van der Waals surface area contributed by atoms with E-state index in [0.717, 1.165) is 6.26 Å². The topological polar surface area (TPSA) is 103 Å². The summed E-state index contributed by atoms with van der Waals surface area (Å²) in [5.41, 5.74) is -0.687. The Morgan fingerprint density at radius 2 is 2.12 bits per heavy atom. The van der Waals surface area contributed by atoms with Crippen LogP contribution >= 0.6 is 0 Å². The number of furan rings is 1. The molecular formula is C11H17NO5. The third-order valence-corrected chi connectivity index (χ3v) is 2.82. The van der Waals surface area contributed by atoms with Gasteiger partial charge in [0.15, 0.2) is 0 Å². The number of aromatic carboxylic acids is 1. The second-order valence-corrected chi connectivity index (χ2v) is 3.91. The monoisotopic (exact) mass is 243 g/mol. The van der Waals surface area contributed by atoms with E-state index in [-0.39, 0.29) is 25.3 Å². The average Bonchev–Trinajstić information content (AvgIpc) is 2.81. The van der Waals surface area contributed by atoms with Gasteiger partial charge < -0.3 is 25.1 Å². The standard InChI is InChI=1S/C11H17NO5/c1-2-11(6-13,7-14)12-4-9-3-8(5-17-9)10(15)16/h3,5,12-14H,2,4,6-7H2,1H3,(H,15,16). The molecule has 0 radical (unpaired) electrons. The van der Waals surface area contributed by atoms with Crippen LogP contribution in [0.25, 0.3) is 0 Å². The Bertz CT molecular complexity index is 361. The Balaban J connectivity index is 2.62. The number of carboxylic acid groups (broad SMARTS) is 1. The fourth-order valence-corrected chi connectivity index (χ4v) is 1.37. The minimum absolute atomic E-state index is 0.0805. The molecule has 0 bridgehead atoms. The SMILES string of the molecule is CCC(CO)(CO)NCc1cc(C(=O)O)co1. The van der Waals surface area contributed by atoms with Gasteiger partial charge in [0.2, 0.25) is 0 Å². The zero-order chi connectivity index (χ0) is 12.9. The largest absolute Gasteiger partial charge is 0.478 e. The first-order chi connectivity index (χ1) is 8.06. The maximum atomic E-state index is 10.6. The van der Waals surface area contributed by atoms with E-state index in [9.17, 15) is 15.0 Å². The Hall–Kier alpha value is -1.37. The van der Waals surface area contributed by atoms with E-state index in [0.29, 0.717) is 12.2 Å². The van der Waals surface area contributed by atoms with E-state index in [1.165, 1.54) is 6.07 Å². The normalized spacial score (nSPS) is 11.7. The summed E-state index contributed by atoms with van der Waals surface area (Å²) in [6.07, 6.45) is 1.71. The van der Waals surface area contributed by atoms with Crippen LogP contribution in [0.2, 0.25) is 0 Å². The molecule has 0 aliphatic rings. The molecule has 6 heteroatoms. The minimum atomic E-state index is -1.05. The van der Waals surface area contributed by atoms with Gasteiger partial charge in [0.25, 0.3) is 0 Å². The third-order valence-electron chi connectivity index (χ3n) is 2.82. The molecule has 0 fully saturated rings. The number of carbonyl (C=O) groups is 1. The zero-order valence-electron chi connectivity index (χ0n) is 9.64. The molecule has 0 unspecified atom stereocenters. The Kier molecular flexibility index (Phi) is 4.68. The van der Waals surface area contributed by atoms with E-state index < -0.39 is 11.5 Å². The van der Waals surface area contributed by atoms with Gasteiger partial charge in [0.1, 0.15) is 12.0 Å². The summed E-state index contributed by atoms with van der Waals surface area (Å²) >= 11 is 0. The minimum Gasteiger partial charge on any atom is -0.478 e. The van der Waals surface area contributed by atoms with E-state index in [2.05, 4.69) is 5.32 Å². The Labute approximate surface area is 98.9 Å². The highest BCUT2D eigenvalue weighted by atomic mass is 16.4. The van der Waals surface area contributed by atoms with Crippen molar-refractivity contribution in [3.05, 3.63) is 23.7 Å². The van der Waals surface area contributed by atoms with Crippen LogP contribution in [0.5, 0.6) is 0 Å². The van der Waals surface area contributed by atoms with Crippen LogP contribution in [0, 0.1) is 0 Å². The van der Waals surface area contributed by atoms with Crippen LogP contribution in [-0.4, -0.2) is 40.0 Å². The first-order valence-corrected chi connectivity index (χ1v) is 5.34. The molecule has 1 heterocycles. The van der Waals surface area contributed by atoms with Gasteiger partial charge in [-0.2, -0.15) is 0 Å². The maximum absolute atomic E-state index is 10.6. The highest BCUT2D eigenvalue weighted by molar-refractivity contribution is 5.87. The summed E-state index contributed by atoms with van der Waals surface area (Å²) in [7, 11) is 0. The Morgan fingerprint density at radius 3 is 2.53 bits per heavy atom. The van der Waals surface area contributed by atoms with Crippen molar-refractivity contribution in [2.45, 2.75) is 25.4 Å². The molecule has 1 aromatic heterocycles. The van der Waals surface area contributed by atoms with E-state index in [1.54, 1.807) is 0 Å². The van der Waals surface area contributed by atoms with Gasteiger partial charge >= 0.3 is 5.97 Å². The lowest BCUT2D eigenvalue weighted by Gasteiger charge is -2.29. The number of rotatable bonds is 7. The highest BCUT2D eigenvalue weighted by Gasteiger charge is 2.26. The van der Waals surface area contributed by atoms with Crippen molar-refractivity contribution in [1.82, 2.24) is 5.32 Å². The van der Waals surface area contributed by atoms with E-state index in [1.807, 2.05) is 6.92 Å². The second kappa shape index (κ2) is 5.81. The van der Waals surface area contributed by atoms with Crippen molar-refractivity contribution in [2.24, 2.45) is 0 Å². The Morgan fingerprint density at radius 1 is 1.47 bits per heavy atom. The number of carboxylic acids is 1. The fraction of sp³-hybridized carbons (Fsp3) is 0.545. The summed E-state index contributed by atoms with van der Waals surface area (Å²) in [6.45, 7) is 1.69. The highest BCUT2D eigenvalue weighted by Crippen LogP contribution is 2.12. The number of nitrogens with one attached hydrogen (secondary N) is 1. The predicted octanol–water partition coefficient (Wildman–Crippen LogP) is 0.201. The maximum Gasteiger partial charge on any atom is 0.338 e. The van der Waals surface area contributed by atoms with Crippen molar-refractivity contribution < 1.29 is 24.5 Å². The quantitative estimate of drug-likeness (QED) is 0.545. The summed E-state index contributed by atoms with van der Waals surface area (Å²) in [6, 6.07) is 1.41. The molecule has 0 aliphatic heterocycles. The fourth-order valence-electron chi connectivity index (χ4n) is 1.37. The molecule has 1 aromatic rings. The molecule has 0 saturated carbocycles. The molecule has 0 amide bonds. The van der Waals surface area contributed by atoms with Gasteiger partial charge in [-0.3, -0.25) is 0 Å². The van der Waals surface area contributed by atoms with Gasteiger partial charge in [-0.15, -0.1) is 0 Å². The first-order valence-electron chi connectivity index (χ1n) is 5.34. The number of hydrogen-bond donors (Lipinski definition) is 4. The summed E-state index contributed by atoms with van der Waals surface area (Å²) in [5, 5.41) is 30.1. The van der Waals surface area contributed by atoms with Gasteiger partial charge in [0, 0.05) is 0 Å². The van der Waals surface area contributed by atoms with Crippen LogP contribution in [0.15, 0.2) is 16.7 Å². The lowest BCUT2D eigenvalue weighted by atomic mass is 9.98. The molecule has 4 N–H and O–H groups in total. The van der Waals surface area contributed by atoms with Gasteiger partial charge in [0.05, 0.1) is 30.9 Å². The second-order valence-electron chi connectivity index (χ2n) is 3.91. The lowest BCUT2D eigenvalue weighted by molar-refractivity contribution is 0.0696. The predicted molar refractivity (Wildman–Crippen MR) is 59.7 cm³/mol. The molecule has 6 nitrogen and oxygen atoms in total. The average molecular weight is 243 g/mol. The molecule has 96 valence electrons. The molecular weight excluding hydrogens is 226 g/mol. The van der Waals surface area contributed by atoms with Gasteiger partial charge in [-0.1, -0.05) is 6.92 Å². The van der Waals surface area contributed by atoms with Crippen molar-refractivity contribution in [3.63, 3.8) is 0 Å². The molecule has 0 spiro atoms. The lowest BCUT2D eigenvalue weighted by Crippen LogP contribution is -2.50. The molecule has 1 rings (SSSR count). The van der Waals surface area contributed by atoms with Crippen LogP contribution in [0.4, 0.5) is 0 Å². The van der Waals surface area contributed by atoms with E-state index in [4.69, 9.17) is 9.52 Å². The van der Waals surface area contributed by atoms with Crippen LogP contribution in [-0.2, 0) is 6.54 Å². The van der Waals surface area contributed by atoms with Gasteiger partial charge in [-0.05, 0) is 12.5 Å².